The maximum atomic E-state index is 11.6. The van der Waals surface area contributed by atoms with Gasteiger partial charge in [0.15, 0.2) is 0 Å². The summed E-state index contributed by atoms with van der Waals surface area (Å²) in [5.41, 5.74) is 0.720. The van der Waals surface area contributed by atoms with Gasteiger partial charge in [-0.15, -0.1) is 0 Å². The Bertz CT molecular complexity index is 235. The minimum absolute atomic E-state index is 0.193. The average molecular weight is 284 g/mol. The van der Waals surface area contributed by atoms with E-state index < -0.39 is 0 Å². The second kappa shape index (κ2) is 9.38. The van der Waals surface area contributed by atoms with E-state index in [9.17, 15) is 4.79 Å². The smallest absolute Gasteiger partial charge is 0.220 e. The highest BCUT2D eigenvalue weighted by atomic mass is 16.1. The van der Waals surface area contributed by atoms with Crippen LogP contribution < -0.4 is 10.6 Å². The molecule has 0 aliphatic carbocycles. The van der Waals surface area contributed by atoms with Crippen molar-refractivity contribution in [1.82, 2.24) is 10.6 Å². The minimum Gasteiger partial charge on any atom is -0.355 e. The SMILES string of the molecule is CC(C)(C)CCCCCC(=O)NCCNCC(C)(C)C. The zero-order valence-electron chi connectivity index (χ0n) is 14.6. The Morgan fingerprint density at radius 2 is 1.50 bits per heavy atom. The van der Waals surface area contributed by atoms with Gasteiger partial charge in [0.25, 0.3) is 0 Å². The van der Waals surface area contributed by atoms with Crippen LogP contribution in [-0.4, -0.2) is 25.5 Å². The summed E-state index contributed by atoms with van der Waals surface area (Å²) in [6, 6.07) is 0. The first-order valence-electron chi connectivity index (χ1n) is 8.08. The van der Waals surface area contributed by atoms with Crippen molar-refractivity contribution < 1.29 is 4.79 Å². The summed E-state index contributed by atoms with van der Waals surface area (Å²) in [4.78, 5) is 11.6. The topological polar surface area (TPSA) is 41.1 Å². The number of carbonyl (C=O) groups is 1. The van der Waals surface area contributed by atoms with E-state index in [0.717, 1.165) is 32.5 Å². The van der Waals surface area contributed by atoms with Crippen LogP contribution in [0.2, 0.25) is 0 Å². The van der Waals surface area contributed by atoms with Crippen LogP contribution in [0.15, 0.2) is 0 Å². The van der Waals surface area contributed by atoms with Crippen LogP contribution in [0.1, 0.15) is 73.6 Å². The molecule has 3 heteroatoms. The highest BCUT2D eigenvalue weighted by Crippen LogP contribution is 2.22. The number of hydrogen-bond donors (Lipinski definition) is 2. The third kappa shape index (κ3) is 15.5. The van der Waals surface area contributed by atoms with Crippen LogP contribution >= 0.6 is 0 Å². The fraction of sp³-hybridized carbons (Fsp3) is 0.941. The normalized spacial score (nSPS) is 12.5. The Balaban J connectivity index is 3.38. The molecule has 0 aliphatic rings. The van der Waals surface area contributed by atoms with Crippen molar-refractivity contribution in [2.45, 2.75) is 73.6 Å². The van der Waals surface area contributed by atoms with Crippen molar-refractivity contribution in [3.05, 3.63) is 0 Å². The second-order valence-electron chi connectivity index (χ2n) is 8.21. The second-order valence-corrected chi connectivity index (χ2v) is 8.21. The van der Waals surface area contributed by atoms with E-state index in [-0.39, 0.29) is 5.91 Å². The lowest BCUT2D eigenvalue weighted by molar-refractivity contribution is -0.121. The van der Waals surface area contributed by atoms with Crippen LogP contribution in [0, 0.1) is 10.8 Å². The zero-order chi connectivity index (χ0) is 15.6. The lowest BCUT2D eigenvalue weighted by Gasteiger charge is -2.18. The first-order chi connectivity index (χ1) is 9.10. The molecule has 0 spiro atoms. The molecule has 0 saturated carbocycles. The summed E-state index contributed by atoms with van der Waals surface area (Å²) in [5, 5.41) is 6.33. The molecule has 0 fully saturated rings. The molecule has 0 atom stereocenters. The van der Waals surface area contributed by atoms with E-state index in [2.05, 4.69) is 52.2 Å². The Morgan fingerprint density at radius 3 is 2.05 bits per heavy atom. The zero-order valence-corrected chi connectivity index (χ0v) is 14.6. The largest absolute Gasteiger partial charge is 0.355 e. The van der Waals surface area contributed by atoms with Gasteiger partial charge in [0.1, 0.15) is 0 Å². The molecule has 0 unspecified atom stereocenters. The van der Waals surface area contributed by atoms with Crippen LogP contribution in [0.5, 0.6) is 0 Å². The van der Waals surface area contributed by atoms with Crippen LogP contribution in [0.4, 0.5) is 0 Å². The van der Waals surface area contributed by atoms with Crippen molar-refractivity contribution in [2.75, 3.05) is 19.6 Å². The predicted molar refractivity (Wildman–Crippen MR) is 87.9 cm³/mol. The molecule has 0 heterocycles. The summed E-state index contributed by atoms with van der Waals surface area (Å²) in [6.45, 7) is 16.0. The van der Waals surface area contributed by atoms with E-state index in [0.29, 0.717) is 17.3 Å². The summed E-state index contributed by atoms with van der Waals surface area (Å²) in [7, 11) is 0. The standard InChI is InChI=1S/C17H36N2O/c1-16(2,3)11-9-7-8-10-15(20)19-13-12-18-14-17(4,5)6/h18H,7-14H2,1-6H3,(H,19,20). The molecule has 0 aromatic carbocycles. The molecule has 1 amide bonds. The van der Waals surface area contributed by atoms with E-state index in [1.165, 1.54) is 12.8 Å². The molecule has 0 rings (SSSR count). The quantitative estimate of drug-likeness (QED) is 0.633. The van der Waals surface area contributed by atoms with Gasteiger partial charge in [-0.3, -0.25) is 4.79 Å². The van der Waals surface area contributed by atoms with Gasteiger partial charge in [0, 0.05) is 26.1 Å². The van der Waals surface area contributed by atoms with E-state index in [4.69, 9.17) is 0 Å². The molecule has 0 aromatic rings. The number of carbonyl (C=O) groups excluding carboxylic acids is 1. The molecule has 0 bridgehead atoms. The van der Waals surface area contributed by atoms with E-state index in [1.54, 1.807) is 0 Å². The number of nitrogens with one attached hydrogen (secondary N) is 2. The van der Waals surface area contributed by atoms with Gasteiger partial charge in [0.2, 0.25) is 5.91 Å². The third-order valence-corrected chi connectivity index (χ3v) is 3.11. The molecule has 0 saturated heterocycles. The van der Waals surface area contributed by atoms with Crippen LogP contribution in [0.25, 0.3) is 0 Å². The average Bonchev–Trinajstić information content (AvgIpc) is 2.25. The Kier molecular flexibility index (Phi) is 9.11. The summed E-state index contributed by atoms with van der Waals surface area (Å²) in [5.74, 6) is 0.193. The molecule has 3 nitrogen and oxygen atoms in total. The first-order valence-corrected chi connectivity index (χ1v) is 8.08. The molecular formula is C17H36N2O. The molecule has 0 radical (unpaired) electrons. The Morgan fingerprint density at radius 1 is 0.850 bits per heavy atom. The van der Waals surface area contributed by atoms with Crippen molar-refractivity contribution in [3.8, 4) is 0 Å². The molecule has 0 aliphatic heterocycles. The Labute approximate surface area is 126 Å². The molecule has 20 heavy (non-hydrogen) atoms. The van der Waals surface area contributed by atoms with Gasteiger partial charge in [-0.25, -0.2) is 0 Å². The number of hydrogen-bond acceptors (Lipinski definition) is 2. The number of rotatable bonds is 9. The van der Waals surface area contributed by atoms with Gasteiger partial charge in [-0.1, -0.05) is 54.4 Å². The van der Waals surface area contributed by atoms with Gasteiger partial charge in [-0.05, 0) is 23.7 Å². The first kappa shape index (κ1) is 19.4. The van der Waals surface area contributed by atoms with Gasteiger partial charge < -0.3 is 10.6 Å². The van der Waals surface area contributed by atoms with E-state index in [1.807, 2.05) is 0 Å². The van der Waals surface area contributed by atoms with Crippen molar-refractivity contribution in [2.24, 2.45) is 10.8 Å². The van der Waals surface area contributed by atoms with Crippen molar-refractivity contribution in [1.29, 1.82) is 0 Å². The fourth-order valence-electron chi connectivity index (χ4n) is 1.96. The molecule has 0 aromatic heterocycles. The van der Waals surface area contributed by atoms with Gasteiger partial charge >= 0.3 is 0 Å². The minimum atomic E-state index is 0.193. The summed E-state index contributed by atoms with van der Waals surface area (Å²) < 4.78 is 0. The summed E-state index contributed by atoms with van der Waals surface area (Å²) in [6.07, 6.45) is 5.31. The molecule has 2 N–H and O–H groups in total. The highest BCUT2D eigenvalue weighted by Gasteiger charge is 2.10. The van der Waals surface area contributed by atoms with Crippen LogP contribution in [-0.2, 0) is 4.79 Å². The lowest BCUT2D eigenvalue weighted by Crippen LogP contribution is -2.35. The Hall–Kier alpha value is -0.570. The highest BCUT2D eigenvalue weighted by molar-refractivity contribution is 5.75. The van der Waals surface area contributed by atoms with Crippen molar-refractivity contribution >= 4 is 5.91 Å². The van der Waals surface area contributed by atoms with Gasteiger partial charge in [-0.2, -0.15) is 0 Å². The monoisotopic (exact) mass is 284 g/mol. The maximum absolute atomic E-state index is 11.6. The van der Waals surface area contributed by atoms with Crippen molar-refractivity contribution in [3.63, 3.8) is 0 Å². The lowest BCUT2D eigenvalue weighted by atomic mass is 9.89. The van der Waals surface area contributed by atoms with Crippen LogP contribution in [0.3, 0.4) is 0 Å². The molecule has 120 valence electrons. The molecular weight excluding hydrogens is 248 g/mol. The number of unbranched alkanes of at least 4 members (excludes halogenated alkanes) is 2. The predicted octanol–water partition coefficient (Wildman–Crippen LogP) is 3.73. The van der Waals surface area contributed by atoms with Gasteiger partial charge in [0.05, 0.1) is 0 Å². The van der Waals surface area contributed by atoms with E-state index >= 15 is 0 Å². The number of amides is 1. The fourth-order valence-corrected chi connectivity index (χ4v) is 1.96. The summed E-state index contributed by atoms with van der Waals surface area (Å²) >= 11 is 0. The third-order valence-electron chi connectivity index (χ3n) is 3.11. The maximum Gasteiger partial charge on any atom is 0.220 e.